The van der Waals surface area contributed by atoms with E-state index in [2.05, 4.69) is 41.4 Å². The summed E-state index contributed by atoms with van der Waals surface area (Å²) in [7, 11) is 0. The van der Waals surface area contributed by atoms with Gasteiger partial charge in [-0.2, -0.15) is 0 Å². The van der Waals surface area contributed by atoms with Crippen LogP contribution >= 0.6 is 0 Å². The van der Waals surface area contributed by atoms with Crippen LogP contribution in [0.15, 0.2) is 6.33 Å². The molecule has 0 saturated heterocycles. The Bertz CT molecular complexity index is 422. The average Bonchev–Trinajstić information content (AvgIpc) is 2.85. The number of fused-ring (bicyclic) bond motifs is 1. The van der Waals surface area contributed by atoms with E-state index in [1.165, 1.54) is 0 Å². The van der Waals surface area contributed by atoms with E-state index < -0.39 is 0 Å². The van der Waals surface area contributed by atoms with Gasteiger partial charge in [0.25, 0.3) is 0 Å². The minimum absolute atomic E-state index is 0.0786. The Balaban J connectivity index is 1.99. The molecule has 0 aromatic carbocycles. The number of rotatable bonds is 4. The molecule has 1 aliphatic heterocycles. The normalized spacial score (nSPS) is 19.4. The van der Waals surface area contributed by atoms with Crippen molar-refractivity contribution < 1.29 is 4.79 Å². The minimum atomic E-state index is -0.168. The van der Waals surface area contributed by atoms with Gasteiger partial charge in [0.15, 0.2) is 0 Å². The van der Waals surface area contributed by atoms with Crippen LogP contribution in [0.2, 0.25) is 0 Å². The van der Waals surface area contributed by atoms with E-state index in [-0.39, 0.29) is 17.5 Å². The predicted octanol–water partition coefficient (Wildman–Crippen LogP) is 1.12. The van der Waals surface area contributed by atoms with Crippen molar-refractivity contribution in [3.8, 4) is 0 Å². The first-order valence-electron chi connectivity index (χ1n) is 6.64. The summed E-state index contributed by atoms with van der Waals surface area (Å²) in [6.07, 6.45) is 4.23. The molecule has 0 spiro atoms. The maximum Gasteiger partial charge on any atom is 0.237 e. The van der Waals surface area contributed by atoms with Gasteiger partial charge >= 0.3 is 0 Å². The number of carbonyl (C=O) groups excluding carboxylic acids is 1. The highest BCUT2D eigenvalue weighted by atomic mass is 16.2. The third kappa shape index (κ3) is 2.56. The predicted molar refractivity (Wildman–Crippen MR) is 70.0 cm³/mol. The monoisotopic (exact) mass is 250 g/mol. The summed E-state index contributed by atoms with van der Waals surface area (Å²) in [5.41, 5.74) is 1.99. The van der Waals surface area contributed by atoms with Crippen LogP contribution in [0.4, 0.5) is 0 Å². The Morgan fingerprint density at radius 1 is 1.56 bits per heavy atom. The van der Waals surface area contributed by atoms with Crippen LogP contribution < -0.4 is 10.6 Å². The molecule has 1 aromatic rings. The molecule has 1 aromatic heterocycles. The lowest BCUT2D eigenvalue weighted by Crippen LogP contribution is -2.54. The van der Waals surface area contributed by atoms with Crippen LogP contribution in [-0.4, -0.2) is 27.5 Å². The number of nitrogens with zero attached hydrogens (tertiary/aromatic N) is 1. The second kappa shape index (κ2) is 5.10. The van der Waals surface area contributed by atoms with Crippen LogP contribution in [0.3, 0.4) is 0 Å². The van der Waals surface area contributed by atoms with Crippen LogP contribution in [0, 0.1) is 0 Å². The number of aromatic nitrogens is 2. The summed E-state index contributed by atoms with van der Waals surface area (Å²) in [4.78, 5) is 19.6. The molecule has 0 bridgehead atoms. The van der Waals surface area contributed by atoms with Gasteiger partial charge in [-0.05, 0) is 19.8 Å². The molecule has 1 atom stereocenters. The zero-order chi connectivity index (χ0) is 13.2. The minimum Gasteiger partial charge on any atom is -0.350 e. The van der Waals surface area contributed by atoms with Crippen molar-refractivity contribution in [2.75, 3.05) is 0 Å². The molecule has 5 nitrogen and oxygen atoms in total. The van der Waals surface area contributed by atoms with Crippen molar-refractivity contribution in [1.29, 1.82) is 0 Å². The summed E-state index contributed by atoms with van der Waals surface area (Å²) in [5, 5.41) is 6.39. The molecule has 1 unspecified atom stereocenters. The van der Waals surface area contributed by atoms with E-state index in [1.807, 2.05) is 0 Å². The maximum atomic E-state index is 12.3. The molecule has 0 radical (unpaired) electrons. The molecular weight excluding hydrogens is 228 g/mol. The largest absolute Gasteiger partial charge is 0.350 e. The lowest BCUT2D eigenvalue weighted by Gasteiger charge is -2.31. The van der Waals surface area contributed by atoms with Gasteiger partial charge in [-0.1, -0.05) is 13.8 Å². The maximum absolute atomic E-state index is 12.3. The van der Waals surface area contributed by atoms with Gasteiger partial charge in [0.1, 0.15) is 0 Å². The number of imidazole rings is 1. The number of nitrogens with one attached hydrogen (secondary N) is 3. The van der Waals surface area contributed by atoms with E-state index in [0.29, 0.717) is 13.0 Å². The number of carbonyl (C=O) groups is 1. The molecule has 1 aliphatic rings. The third-order valence-corrected chi connectivity index (χ3v) is 4.03. The Kier molecular flexibility index (Phi) is 3.71. The van der Waals surface area contributed by atoms with Crippen molar-refractivity contribution >= 4 is 5.91 Å². The molecule has 1 amide bonds. The Hall–Kier alpha value is -1.36. The Labute approximate surface area is 108 Å². The van der Waals surface area contributed by atoms with Crippen LogP contribution in [0.5, 0.6) is 0 Å². The van der Waals surface area contributed by atoms with Crippen molar-refractivity contribution in [2.45, 2.75) is 58.2 Å². The number of H-pyrrole nitrogens is 1. The molecule has 2 heterocycles. The van der Waals surface area contributed by atoms with E-state index in [1.54, 1.807) is 6.33 Å². The van der Waals surface area contributed by atoms with E-state index in [0.717, 1.165) is 24.2 Å². The van der Waals surface area contributed by atoms with Gasteiger partial charge in [-0.15, -0.1) is 0 Å². The molecule has 0 saturated carbocycles. The van der Waals surface area contributed by atoms with Crippen molar-refractivity contribution in [1.82, 2.24) is 20.6 Å². The first-order valence-corrected chi connectivity index (χ1v) is 6.64. The first-order chi connectivity index (χ1) is 8.58. The van der Waals surface area contributed by atoms with E-state index in [4.69, 9.17) is 0 Å². The molecule has 3 N–H and O–H groups in total. The van der Waals surface area contributed by atoms with Crippen molar-refractivity contribution in [3.63, 3.8) is 0 Å². The fourth-order valence-corrected chi connectivity index (χ4v) is 2.17. The highest BCUT2D eigenvalue weighted by Gasteiger charge is 2.30. The van der Waals surface area contributed by atoms with Crippen LogP contribution in [-0.2, 0) is 17.8 Å². The van der Waals surface area contributed by atoms with Gasteiger partial charge in [-0.25, -0.2) is 4.98 Å². The molecular formula is C13H22N4O. The third-order valence-electron chi connectivity index (χ3n) is 4.03. The van der Waals surface area contributed by atoms with Gasteiger partial charge in [0.2, 0.25) is 5.91 Å². The quantitative estimate of drug-likeness (QED) is 0.750. The molecule has 0 aliphatic carbocycles. The van der Waals surface area contributed by atoms with Crippen molar-refractivity contribution in [3.05, 3.63) is 17.7 Å². The fourth-order valence-electron chi connectivity index (χ4n) is 2.17. The summed E-state index contributed by atoms with van der Waals surface area (Å²) in [6, 6.07) is -0.168. The topological polar surface area (TPSA) is 69.8 Å². The highest BCUT2D eigenvalue weighted by molar-refractivity contribution is 5.83. The standard InChI is InChI=1S/C13H22N4O/c1-4-13(3,5-2)17-12(18)10-6-9-11(7-14-10)16-8-15-9/h8,10,14H,4-7H2,1-3H3,(H,15,16)(H,17,18). The van der Waals surface area contributed by atoms with Gasteiger partial charge in [-0.3, -0.25) is 10.1 Å². The number of amides is 1. The molecule has 100 valence electrons. The fraction of sp³-hybridized carbons (Fsp3) is 0.692. The van der Waals surface area contributed by atoms with Gasteiger partial charge in [0, 0.05) is 18.5 Å². The second-order valence-electron chi connectivity index (χ2n) is 5.22. The second-order valence-corrected chi connectivity index (χ2v) is 5.22. The van der Waals surface area contributed by atoms with E-state index in [9.17, 15) is 4.79 Å². The number of hydrogen-bond donors (Lipinski definition) is 3. The number of hydrogen-bond acceptors (Lipinski definition) is 3. The summed E-state index contributed by atoms with van der Waals surface area (Å²) >= 11 is 0. The summed E-state index contributed by atoms with van der Waals surface area (Å²) in [6.45, 7) is 6.98. The molecule has 2 rings (SSSR count). The van der Waals surface area contributed by atoms with Crippen LogP contribution in [0.1, 0.15) is 45.0 Å². The zero-order valence-electron chi connectivity index (χ0n) is 11.3. The summed E-state index contributed by atoms with van der Waals surface area (Å²) < 4.78 is 0. The van der Waals surface area contributed by atoms with Crippen molar-refractivity contribution in [2.24, 2.45) is 0 Å². The molecule has 0 fully saturated rings. The van der Waals surface area contributed by atoms with Gasteiger partial charge in [0.05, 0.1) is 23.8 Å². The molecule has 5 heteroatoms. The zero-order valence-corrected chi connectivity index (χ0v) is 11.3. The highest BCUT2D eigenvalue weighted by Crippen LogP contribution is 2.16. The van der Waals surface area contributed by atoms with E-state index >= 15 is 0 Å². The van der Waals surface area contributed by atoms with Gasteiger partial charge < -0.3 is 10.3 Å². The Morgan fingerprint density at radius 3 is 2.94 bits per heavy atom. The lowest BCUT2D eigenvalue weighted by atomic mass is 9.94. The Morgan fingerprint density at radius 2 is 2.28 bits per heavy atom. The smallest absolute Gasteiger partial charge is 0.237 e. The SMILES string of the molecule is CCC(C)(CC)NC(=O)C1Cc2nc[nH]c2CN1. The lowest BCUT2D eigenvalue weighted by molar-refractivity contribution is -0.125. The summed E-state index contributed by atoms with van der Waals surface area (Å²) in [5.74, 6) is 0.0786. The average molecular weight is 250 g/mol. The number of aromatic amines is 1. The first kappa shape index (κ1) is 13.1. The molecule has 18 heavy (non-hydrogen) atoms. The van der Waals surface area contributed by atoms with Crippen LogP contribution in [0.25, 0.3) is 0 Å².